The highest BCUT2D eigenvalue weighted by atomic mass is 31.2. The second-order valence-corrected chi connectivity index (χ2v) is 11.0. The van der Waals surface area contributed by atoms with Gasteiger partial charge >= 0.3 is 13.6 Å². The van der Waals surface area contributed by atoms with Gasteiger partial charge in [0.1, 0.15) is 18.0 Å². The van der Waals surface area contributed by atoms with E-state index in [1.54, 1.807) is 32.3 Å². The van der Waals surface area contributed by atoms with E-state index in [2.05, 4.69) is 20.3 Å². The molecule has 0 unspecified atom stereocenters. The first-order valence-electron chi connectivity index (χ1n) is 11.4. The summed E-state index contributed by atoms with van der Waals surface area (Å²) in [6.07, 6.45) is 0.209. The number of esters is 1. The van der Waals surface area contributed by atoms with Crippen LogP contribution in [-0.2, 0) is 39.2 Å². The van der Waals surface area contributed by atoms with E-state index in [1.807, 2.05) is 0 Å². The molecular formula is C20H33N8O7P. The molecule has 36 heavy (non-hydrogen) atoms. The van der Waals surface area contributed by atoms with Crippen molar-refractivity contribution in [1.82, 2.24) is 24.8 Å². The third kappa shape index (κ3) is 6.89. The third-order valence-corrected chi connectivity index (χ3v) is 6.80. The number of ether oxygens (including phenoxy) is 2. The lowest BCUT2D eigenvalue weighted by Crippen LogP contribution is -2.52. The van der Waals surface area contributed by atoms with Gasteiger partial charge in [0.2, 0.25) is 11.9 Å². The maximum Gasteiger partial charge on any atom is 0.356 e. The van der Waals surface area contributed by atoms with Crippen LogP contribution in [-0.4, -0.2) is 75.2 Å². The van der Waals surface area contributed by atoms with Gasteiger partial charge < -0.3 is 45.6 Å². The van der Waals surface area contributed by atoms with Crippen molar-refractivity contribution in [1.29, 1.82) is 0 Å². The summed E-state index contributed by atoms with van der Waals surface area (Å²) >= 11 is 0. The monoisotopic (exact) mass is 528 g/mol. The van der Waals surface area contributed by atoms with Crippen LogP contribution in [0.1, 0.15) is 27.7 Å². The molecule has 3 heterocycles. The molecule has 16 heteroatoms. The van der Waals surface area contributed by atoms with Gasteiger partial charge in [0.25, 0.3) is 0 Å². The molecule has 0 aliphatic carbocycles. The minimum atomic E-state index is -3.72. The number of carbonyl (C=O) groups excluding carboxylic acids is 2. The van der Waals surface area contributed by atoms with Gasteiger partial charge in [-0.3, -0.25) is 9.36 Å². The lowest BCUT2D eigenvalue weighted by molar-refractivity contribution is -0.152. The summed E-state index contributed by atoms with van der Waals surface area (Å²) < 4.78 is 36.5. The summed E-state index contributed by atoms with van der Waals surface area (Å²) in [5.41, 5.74) is 18.2. The highest BCUT2D eigenvalue weighted by molar-refractivity contribution is 7.53. The zero-order valence-corrected chi connectivity index (χ0v) is 21.5. The SMILES string of the molecule is CC(C)OC(=O)[C@H](CO[P@@]1(=O)CO[C@@H](Cn2cnc3c(N)nc(N)nc32)CO1)NC(=O)[C@@H](N)C(C)C. The number of nitrogen functional groups attached to an aromatic ring is 2. The van der Waals surface area contributed by atoms with Crippen LogP contribution in [0.4, 0.5) is 11.8 Å². The van der Waals surface area contributed by atoms with Gasteiger partial charge in [-0.2, -0.15) is 9.97 Å². The van der Waals surface area contributed by atoms with E-state index < -0.39 is 50.4 Å². The number of imidazole rings is 1. The summed E-state index contributed by atoms with van der Waals surface area (Å²) in [4.78, 5) is 37.1. The molecule has 1 saturated heterocycles. The molecule has 1 aliphatic rings. The molecule has 0 spiro atoms. The van der Waals surface area contributed by atoms with Gasteiger partial charge in [-0.15, -0.1) is 0 Å². The predicted molar refractivity (Wildman–Crippen MR) is 129 cm³/mol. The van der Waals surface area contributed by atoms with Crippen LogP contribution in [0.3, 0.4) is 0 Å². The Kier molecular flexibility index (Phi) is 8.84. The highest BCUT2D eigenvalue weighted by Gasteiger charge is 2.36. The van der Waals surface area contributed by atoms with Crippen molar-refractivity contribution in [3.05, 3.63) is 6.33 Å². The Hall–Kier alpha value is -2.84. The summed E-state index contributed by atoms with van der Waals surface area (Å²) in [5.74, 6) is -1.31. The highest BCUT2D eigenvalue weighted by Crippen LogP contribution is 2.51. The molecule has 0 bridgehead atoms. The van der Waals surface area contributed by atoms with Crippen LogP contribution >= 0.6 is 7.60 Å². The Morgan fingerprint density at radius 2 is 2.00 bits per heavy atom. The minimum absolute atomic E-state index is 0.00690. The van der Waals surface area contributed by atoms with Crippen LogP contribution in [0.15, 0.2) is 6.33 Å². The molecule has 0 aromatic carbocycles. The fourth-order valence-electron chi connectivity index (χ4n) is 3.24. The normalized spacial score (nSPS) is 22.0. The molecule has 15 nitrogen and oxygen atoms in total. The fraction of sp³-hybridized carbons (Fsp3) is 0.650. The van der Waals surface area contributed by atoms with Crippen molar-refractivity contribution in [3.63, 3.8) is 0 Å². The maximum atomic E-state index is 13.0. The van der Waals surface area contributed by atoms with Gasteiger partial charge in [-0.05, 0) is 19.8 Å². The van der Waals surface area contributed by atoms with E-state index in [4.69, 9.17) is 35.7 Å². The van der Waals surface area contributed by atoms with Crippen LogP contribution < -0.4 is 22.5 Å². The second kappa shape index (κ2) is 11.5. The molecule has 1 aliphatic heterocycles. The van der Waals surface area contributed by atoms with Crippen molar-refractivity contribution < 1.29 is 32.7 Å². The summed E-state index contributed by atoms with van der Waals surface area (Å²) in [7, 11) is -3.72. The Morgan fingerprint density at radius 1 is 1.28 bits per heavy atom. The lowest BCUT2D eigenvalue weighted by atomic mass is 10.0. The van der Waals surface area contributed by atoms with Crippen molar-refractivity contribution >= 4 is 42.4 Å². The summed E-state index contributed by atoms with van der Waals surface area (Å²) in [5, 5.41) is 2.50. The average Bonchev–Trinajstić information content (AvgIpc) is 3.19. The van der Waals surface area contributed by atoms with Gasteiger partial charge in [-0.1, -0.05) is 13.8 Å². The maximum absolute atomic E-state index is 13.0. The van der Waals surface area contributed by atoms with E-state index >= 15 is 0 Å². The number of nitrogens with zero attached hydrogens (tertiary/aromatic N) is 4. The van der Waals surface area contributed by atoms with E-state index in [0.29, 0.717) is 11.2 Å². The molecule has 4 atom stereocenters. The number of carbonyl (C=O) groups is 2. The van der Waals surface area contributed by atoms with Gasteiger partial charge in [-0.25, -0.2) is 9.78 Å². The summed E-state index contributed by atoms with van der Waals surface area (Å²) in [6, 6.07) is -2.08. The third-order valence-electron chi connectivity index (χ3n) is 5.25. The number of hydrogen-bond donors (Lipinski definition) is 4. The molecule has 7 N–H and O–H groups in total. The molecule has 0 saturated carbocycles. The van der Waals surface area contributed by atoms with Crippen molar-refractivity contribution in [2.24, 2.45) is 11.7 Å². The first-order chi connectivity index (χ1) is 16.9. The van der Waals surface area contributed by atoms with Crippen molar-refractivity contribution in [2.45, 2.75) is 58.5 Å². The fourth-order valence-corrected chi connectivity index (χ4v) is 4.62. The number of aromatic nitrogens is 4. The zero-order valence-electron chi connectivity index (χ0n) is 20.6. The standard InChI is InChI=1S/C20H33N8O7P/c1-10(2)14(21)18(29)25-13(19(30)35-11(3)4)7-34-36(31)9-32-12(6-33-36)5-28-8-24-15-16(22)26-20(23)27-17(15)28/h8,10-14H,5-7,9,21H2,1-4H3,(H,25,29)(H4,22,23,26,27)/t12-,13-,14-,36+/m0/s1. The van der Waals surface area contributed by atoms with Crippen LogP contribution in [0.25, 0.3) is 11.2 Å². The minimum Gasteiger partial charge on any atom is -0.461 e. The van der Waals surface area contributed by atoms with Gasteiger partial charge in [0, 0.05) is 0 Å². The molecular weight excluding hydrogens is 495 g/mol. The average molecular weight is 529 g/mol. The number of nitrogens with one attached hydrogen (secondary N) is 1. The van der Waals surface area contributed by atoms with Crippen LogP contribution in [0.5, 0.6) is 0 Å². The smallest absolute Gasteiger partial charge is 0.356 e. The number of nitrogens with two attached hydrogens (primary N) is 3. The number of rotatable bonds is 10. The first kappa shape index (κ1) is 27.7. The zero-order chi connectivity index (χ0) is 26.6. The van der Waals surface area contributed by atoms with Crippen molar-refractivity contribution in [2.75, 3.05) is 31.0 Å². The Morgan fingerprint density at radius 3 is 2.61 bits per heavy atom. The number of fused-ring (bicyclic) bond motifs is 1. The Labute approximate surface area is 207 Å². The molecule has 3 rings (SSSR count). The Balaban J connectivity index is 1.59. The molecule has 1 amide bonds. The number of anilines is 2. The first-order valence-corrected chi connectivity index (χ1v) is 13.1. The number of hydrogen-bond acceptors (Lipinski definition) is 13. The molecule has 200 valence electrons. The lowest BCUT2D eigenvalue weighted by Gasteiger charge is -2.30. The van der Waals surface area contributed by atoms with E-state index in [1.165, 1.54) is 6.33 Å². The second-order valence-electron chi connectivity index (χ2n) is 8.97. The molecule has 0 radical (unpaired) electrons. The van der Waals surface area contributed by atoms with Gasteiger partial charge in [0.15, 0.2) is 17.5 Å². The van der Waals surface area contributed by atoms with E-state index in [0.717, 1.165) is 0 Å². The quantitative estimate of drug-likeness (QED) is 0.236. The Bertz CT molecular complexity index is 1130. The van der Waals surface area contributed by atoms with Crippen molar-refractivity contribution in [3.8, 4) is 0 Å². The van der Waals surface area contributed by atoms with Crippen LogP contribution in [0.2, 0.25) is 0 Å². The molecule has 2 aromatic rings. The van der Waals surface area contributed by atoms with Crippen LogP contribution in [0, 0.1) is 5.92 Å². The number of amides is 1. The largest absolute Gasteiger partial charge is 0.461 e. The van der Waals surface area contributed by atoms with Gasteiger partial charge in [0.05, 0.1) is 38.2 Å². The summed E-state index contributed by atoms with van der Waals surface area (Å²) in [6.45, 7) is 6.61. The topological polar surface area (TPSA) is 222 Å². The predicted octanol–water partition coefficient (Wildman–Crippen LogP) is -0.00700. The molecule has 2 aromatic heterocycles. The van der Waals surface area contributed by atoms with E-state index in [9.17, 15) is 14.2 Å². The van der Waals surface area contributed by atoms with E-state index in [-0.39, 0.29) is 37.2 Å². The molecule has 1 fully saturated rings.